The van der Waals surface area contributed by atoms with E-state index < -0.39 is 0 Å². The zero-order valence-corrected chi connectivity index (χ0v) is 18.9. The van der Waals surface area contributed by atoms with Gasteiger partial charge in [0.2, 0.25) is 0 Å². The summed E-state index contributed by atoms with van der Waals surface area (Å²) >= 11 is 7.60. The Labute approximate surface area is 193 Å². The second-order valence-corrected chi connectivity index (χ2v) is 9.33. The van der Waals surface area contributed by atoms with Gasteiger partial charge in [0.05, 0.1) is 5.52 Å². The van der Waals surface area contributed by atoms with Crippen LogP contribution in [0, 0.1) is 0 Å². The number of aryl methyl sites for hydroxylation is 2. The van der Waals surface area contributed by atoms with Gasteiger partial charge < -0.3 is 10.6 Å². The van der Waals surface area contributed by atoms with Crippen LogP contribution in [-0.2, 0) is 12.8 Å². The third-order valence-corrected chi connectivity index (χ3v) is 7.10. The zero-order valence-electron chi connectivity index (χ0n) is 17.4. The van der Waals surface area contributed by atoms with Crippen molar-refractivity contribution in [3.8, 4) is 0 Å². The van der Waals surface area contributed by atoms with Crippen LogP contribution in [0.4, 0.5) is 5.69 Å². The van der Waals surface area contributed by atoms with Crippen molar-refractivity contribution in [3.63, 3.8) is 0 Å². The quantitative estimate of drug-likeness (QED) is 0.417. The largest absolute Gasteiger partial charge is 0.384 e. The number of hydrogen-bond acceptors (Lipinski definition) is 6. The van der Waals surface area contributed by atoms with Gasteiger partial charge in [0, 0.05) is 52.2 Å². The van der Waals surface area contributed by atoms with Crippen LogP contribution in [0.3, 0.4) is 0 Å². The Bertz CT molecular complexity index is 1380. The summed E-state index contributed by atoms with van der Waals surface area (Å²) in [6.07, 6.45) is 7.89. The third-order valence-electron chi connectivity index (χ3n) is 5.71. The molecule has 0 fully saturated rings. The number of rotatable bonds is 6. The Morgan fingerprint density at radius 2 is 2.03 bits per heavy atom. The molecule has 7 nitrogen and oxygen atoms in total. The highest BCUT2D eigenvalue weighted by Crippen LogP contribution is 2.28. The zero-order chi connectivity index (χ0) is 22.1. The molecule has 0 spiro atoms. The summed E-state index contributed by atoms with van der Waals surface area (Å²) in [5.74, 6) is -0.378. The van der Waals surface area contributed by atoms with Crippen molar-refractivity contribution in [1.82, 2.24) is 19.7 Å². The lowest BCUT2D eigenvalue weighted by atomic mass is 10.0. The average Bonchev–Trinajstić information content (AvgIpc) is 3.18. The molecule has 0 radical (unpaired) electrons. The van der Waals surface area contributed by atoms with Crippen molar-refractivity contribution >= 4 is 50.4 Å². The summed E-state index contributed by atoms with van der Waals surface area (Å²) in [4.78, 5) is 36.2. The standard InChI is InChI=1S/C23H22ClN5O2S/c24-14-6-7-15-17(8-11-26-18(15)12-14)25-9-3-10-27-21(30)16-13-28-23-29(22(16)31)19-4-1-2-5-20(19)32-23/h6-8,11-13H,1-5,9-10H2,(H,25,26)(H,27,30). The van der Waals surface area contributed by atoms with Crippen LogP contribution in [0.5, 0.6) is 0 Å². The second-order valence-electron chi connectivity index (χ2n) is 7.83. The molecule has 164 valence electrons. The van der Waals surface area contributed by atoms with Crippen LogP contribution in [0.2, 0.25) is 5.02 Å². The Balaban J connectivity index is 1.21. The molecule has 0 bridgehead atoms. The molecule has 0 saturated heterocycles. The summed E-state index contributed by atoms with van der Waals surface area (Å²) in [7, 11) is 0. The highest BCUT2D eigenvalue weighted by molar-refractivity contribution is 7.17. The third kappa shape index (κ3) is 3.96. The molecular weight excluding hydrogens is 446 g/mol. The van der Waals surface area contributed by atoms with Crippen LogP contribution < -0.4 is 16.2 Å². The van der Waals surface area contributed by atoms with Crippen LogP contribution in [0.1, 0.15) is 40.2 Å². The molecule has 5 rings (SSSR count). The number of anilines is 1. The van der Waals surface area contributed by atoms with Gasteiger partial charge in [0.25, 0.3) is 11.5 Å². The van der Waals surface area contributed by atoms with Crippen molar-refractivity contribution in [2.75, 3.05) is 18.4 Å². The van der Waals surface area contributed by atoms with E-state index in [0.717, 1.165) is 48.0 Å². The molecule has 4 aromatic rings. The van der Waals surface area contributed by atoms with Crippen molar-refractivity contribution in [2.45, 2.75) is 32.1 Å². The van der Waals surface area contributed by atoms with Gasteiger partial charge >= 0.3 is 0 Å². The monoisotopic (exact) mass is 467 g/mol. The molecule has 3 aromatic heterocycles. The van der Waals surface area contributed by atoms with Gasteiger partial charge in [-0.3, -0.25) is 19.0 Å². The maximum atomic E-state index is 13.0. The molecule has 9 heteroatoms. The molecule has 0 saturated carbocycles. The average molecular weight is 468 g/mol. The maximum Gasteiger partial charge on any atom is 0.271 e. The van der Waals surface area contributed by atoms with Crippen LogP contribution in [0.15, 0.2) is 41.5 Å². The van der Waals surface area contributed by atoms with Crippen LogP contribution >= 0.6 is 22.9 Å². The van der Waals surface area contributed by atoms with Gasteiger partial charge in [0.15, 0.2) is 4.96 Å². The summed E-state index contributed by atoms with van der Waals surface area (Å²) < 4.78 is 1.64. The number of pyridine rings is 1. The van der Waals surface area contributed by atoms with E-state index in [9.17, 15) is 9.59 Å². The number of nitrogens with zero attached hydrogens (tertiary/aromatic N) is 3. The van der Waals surface area contributed by atoms with Crippen molar-refractivity contribution in [3.05, 3.63) is 68.2 Å². The molecule has 0 atom stereocenters. The summed E-state index contributed by atoms with van der Waals surface area (Å²) in [5.41, 5.74) is 2.65. The lowest BCUT2D eigenvalue weighted by Crippen LogP contribution is -2.33. The number of halogens is 1. The first-order chi connectivity index (χ1) is 15.6. The molecule has 3 heterocycles. The van der Waals surface area contributed by atoms with Gasteiger partial charge in [-0.15, -0.1) is 11.3 Å². The van der Waals surface area contributed by atoms with Gasteiger partial charge in [-0.25, -0.2) is 4.98 Å². The Morgan fingerprint density at radius 1 is 1.16 bits per heavy atom. The number of aromatic nitrogens is 3. The maximum absolute atomic E-state index is 13.0. The molecule has 1 aliphatic rings. The fraction of sp³-hybridized carbons (Fsp3) is 0.304. The van der Waals surface area contributed by atoms with E-state index >= 15 is 0 Å². The molecule has 32 heavy (non-hydrogen) atoms. The SMILES string of the molecule is O=C(NCCCNc1ccnc2cc(Cl)ccc12)c1cnc2sc3c(n2c1=O)CCCC3. The lowest BCUT2D eigenvalue weighted by molar-refractivity contribution is 0.0951. The Kier molecular flexibility index (Phi) is 5.80. The number of amides is 1. The van der Waals surface area contributed by atoms with E-state index in [2.05, 4.69) is 20.6 Å². The highest BCUT2D eigenvalue weighted by Gasteiger charge is 2.21. The summed E-state index contributed by atoms with van der Waals surface area (Å²) in [5, 5.41) is 7.87. The fourth-order valence-corrected chi connectivity index (χ4v) is 5.44. The van der Waals surface area contributed by atoms with Gasteiger partial charge in [-0.1, -0.05) is 11.6 Å². The Hall–Kier alpha value is -2.97. The molecule has 1 aliphatic carbocycles. The number of nitrogens with one attached hydrogen (secondary N) is 2. The van der Waals surface area contributed by atoms with Gasteiger partial charge in [-0.2, -0.15) is 0 Å². The minimum atomic E-state index is -0.378. The van der Waals surface area contributed by atoms with E-state index in [4.69, 9.17) is 11.6 Å². The number of hydrogen-bond donors (Lipinski definition) is 2. The smallest absolute Gasteiger partial charge is 0.271 e. The number of thiazole rings is 1. The number of fused-ring (bicyclic) bond motifs is 4. The Morgan fingerprint density at radius 3 is 2.94 bits per heavy atom. The topological polar surface area (TPSA) is 88.4 Å². The van der Waals surface area contributed by atoms with Crippen LogP contribution in [-0.4, -0.2) is 33.4 Å². The van der Waals surface area contributed by atoms with Crippen molar-refractivity contribution in [1.29, 1.82) is 0 Å². The number of carbonyl (C=O) groups excluding carboxylic acids is 1. The van der Waals surface area contributed by atoms with E-state index in [1.165, 1.54) is 11.1 Å². The number of carbonyl (C=O) groups is 1. The first kappa shape index (κ1) is 20.9. The molecular formula is C23H22ClN5O2S. The lowest BCUT2D eigenvalue weighted by Gasteiger charge is -2.11. The number of benzene rings is 1. The fourth-order valence-electron chi connectivity index (χ4n) is 4.11. The first-order valence-electron chi connectivity index (χ1n) is 10.7. The molecule has 0 unspecified atom stereocenters. The van der Waals surface area contributed by atoms with E-state index in [1.807, 2.05) is 24.3 Å². The van der Waals surface area contributed by atoms with E-state index in [0.29, 0.717) is 29.5 Å². The normalized spacial score (nSPS) is 13.3. The minimum absolute atomic E-state index is 0.0960. The van der Waals surface area contributed by atoms with Crippen LogP contribution in [0.25, 0.3) is 15.9 Å². The van der Waals surface area contributed by atoms with E-state index in [1.54, 1.807) is 21.9 Å². The summed E-state index contributed by atoms with van der Waals surface area (Å²) in [6.45, 7) is 1.11. The minimum Gasteiger partial charge on any atom is -0.384 e. The van der Waals surface area contributed by atoms with E-state index in [-0.39, 0.29) is 17.0 Å². The first-order valence-corrected chi connectivity index (χ1v) is 11.9. The van der Waals surface area contributed by atoms with Crippen molar-refractivity contribution < 1.29 is 4.79 Å². The molecule has 0 aliphatic heterocycles. The predicted molar refractivity (Wildman–Crippen MR) is 128 cm³/mol. The summed E-state index contributed by atoms with van der Waals surface area (Å²) in [6, 6.07) is 7.52. The van der Waals surface area contributed by atoms with Crippen molar-refractivity contribution in [2.24, 2.45) is 0 Å². The molecule has 1 aromatic carbocycles. The predicted octanol–water partition coefficient (Wildman–Crippen LogP) is 4.07. The molecule has 1 amide bonds. The highest BCUT2D eigenvalue weighted by atomic mass is 35.5. The molecule has 2 N–H and O–H groups in total. The second kappa shape index (κ2) is 8.88. The van der Waals surface area contributed by atoms with Gasteiger partial charge in [-0.05, 0) is 56.4 Å². The van der Waals surface area contributed by atoms with Gasteiger partial charge in [0.1, 0.15) is 5.56 Å².